The van der Waals surface area contributed by atoms with Crippen molar-refractivity contribution >= 4 is 17.7 Å². The number of phenols is 2. The SMILES string of the molecule is CCCCCCCCC(O)(Cc1cc(C(C)(C)C)c(O)c(C(C)(C)C)c1)C(=O)OC(=O)Nc1cc(C(C)(C)C)c(O)c(C(C)(C)C)c1. The molecule has 47 heavy (non-hydrogen) atoms. The lowest BCUT2D eigenvalue weighted by Gasteiger charge is -2.31. The number of rotatable bonds is 11. The second-order valence-electron chi connectivity index (χ2n) is 17.5. The summed E-state index contributed by atoms with van der Waals surface area (Å²) >= 11 is 0. The molecule has 0 spiro atoms. The molecule has 4 N–H and O–H groups in total. The van der Waals surface area contributed by atoms with Gasteiger partial charge < -0.3 is 20.1 Å². The number of carbonyl (C=O) groups is 2. The van der Waals surface area contributed by atoms with Crippen LogP contribution in [0.4, 0.5) is 10.5 Å². The van der Waals surface area contributed by atoms with Crippen LogP contribution in [0.3, 0.4) is 0 Å². The van der Waals surface area contributed by atoms with E-state index in [1.54, 1.807) is 12.1 Å². The molecule has 0 heterocycles. The molecule has 0 saturated carbocycles. The average molecular weight is 654 g/mol. The zero-order valence-corrected chi connectivity index (χ0v) is 31.5. The zero-order valence-electron chi connectivity index (χ0n) is 31.5. The highest BCUT2D eigenvalue weighted by molar-refractivity contribution is 5.96. The van der Waals surface area contributed by atoms with E-state index in [2.05, 4.69) is 12.2 Å². The Balaban J connectivity index is 2.48. The summed E-state index contributed by atoms with van der Waals surface area (Å²) in [7, 11) is 0. The van der Waals surface area contributed by atoms with E-state index in [-0.39, 0.29) is 35.2 Å². The highest BCUT2D eigenvalue weighted by Gasteiger charge is 2.40. The van der Waals surface area contributed by atoms with Gasteiger partial charge in [-0.05, 0) is 63.3 Å². The van der Waals surface area contributed by atoms with Crippen LogP contribution < -0.4 is 5.32 Å². The molecule has 2 aromatic carbocycles. The number of esters is 1. The fraction of sp³-hybridized carbons (Fsp3) is 0.650. The van der Waals surface area contributed by atoms with E-state index < -0.39 is 28.5 Å². The van der Waals surface area contributed by atoms with Gasteiger partial charge in [0.2, 0.25) is 0 Å². The summed E-state index contributed by atoms with van der Waals surface area (Å²) in [6.07, 6.45) is 4.83. The van der Waals surface area contributed by atoms with Crippen LogP contribution in [-0.4, -0.2) is 33.0 Å². The molecule has 264 valence electrons. The zero-order chi connectivity index (χ0) is 36.2. The first-order chi connectivity index (χ1) is 21.3. The Morgan fingerprint density at radius 2 is 1.02 bits per heavy atom. The molecule has 7 heteroatoms. The standard InChI is InChI=1S/C40H63NO6/c1-14-15-16-17-18-19-20-40(46,25-26-21-28(36(2,3)4)32(42)29(22-26)37(5,6)7)34(44)47-35(45)41-27-23-30(38(8,9)10)33(43)31(24-27)39(11,12)13/h21-24,42-43,46H,14-20,25H2,1-13H3,(H,41,45). The van der Waals surface area contributed by atoms with E-state index in [4.69, 9.17) is 4.74 Å². The van der Waals surface area contributed by atoms with E-state index in [9.17, 15) is 24.9 Å². The van der Waals surface area contributed by atoms with Crippen molar-refractivity contribution < 1.29 is 29.6 Å². The van der Waals surface area contributed by atoms with Crippen LogP contribution in [0.5, 0.6) is 11.5 Å². The number of phenolic OH excluding ortho intramolecular Hbond substituents is 2. The van der Waals surface area contributed by atoms with Crippen molar-refractivity contribution in [3.63, 3.8) is 0 Å². The van der Waals surface area contributed by atoms with Crippen LogP contribution in [0, 0.1) is 0 Å². The van der Waals surface area contributed by atoms with Gasteiger partial charge in [-0.15, -0.1) is 0 Å². The van der Waals surface area contributed by atoms with Gasteiger partial charge >= 0.3 is 12.1 Å². The number of hydrogen-bond donors (Lipinski definition) is 4. The molecule has 0 aliphatic heterocycles. The summed E-state index contributed by atoms with van der Waals surface area (Å²) in [5, 5.41) is 37.0. The molecule has 1 atom stereocenters. The van der Waals surface area contributed by atoms with Crippen LogP contribution in [0.15, 0.2) is 24.3 Å². The largest absolute Gasteiger partial charge is 0.507 e. The summed E-state index contributed by atoms with van der Waals surface area (Å²) in [6.45, 7) is 26.1. The summed E-state index contributed by atoms with van der Waals surface area (Å²) < 4.78 is 5.34. The number of aromatic hydroxyl groups is 2. The number of ether oxygens (including phenoxy) is 1. The maximum absolute atomic E-state index is 13.8. The van der Waals surface area contributed by atoms with Crippen molar-refractivity contribution in [3.8, 4) is 11.5 Å². The molecule has 0 saturated heterocycles. The highest BCUT2D eigenvalue weighted by Crippen LogP contribution is 2.42. The Hall–Kier alpha value is -3.06. The Kier molecular flexibility index (Phi) is 12.8. The van der Waals surface area contributed by atoms with Gasteiger partial charge in [0.1, 0.15) is 11.5 Å². The van der Waals surface area contributed by atoms with Crippen molar-refractivity contribution in [3.05, 3.63) is 52.1 Å². The summed E-state index contributed by atoms with van der Waals surface area (Å²) in [5.41, 5.74) is 0.261. The van der Waals surface area contributed by atoms with Crippen molar-refractivity contribution in [2.24, 2.45) is 0 Å². The lowest BCUT2D eigenvalue weighted by atomic mass is 9.77. The first kappa shape index (κ1) is 40.1. The Morgan fingerprint density at radius 1 is 0.638 bits per heavy atom. The minimum absolute atomic E-state index is 0.0674. The number of unbranched alkanes of at least 4 members (excludes halogenated alkanes) is 5. The van der Waals surface area contributed by atoms with Gasteiger partial charge in [0.05, 0.1) is 0 Å². The fourth-order valence-corrected chi connectivity index (χ4v) is 5.91. The molecular weight excluding hydrogens is 590 g/mol. The molecule has 0 aliphatic carbocycles. The molecular formula is C40H63NO6. The van der Waals surface area contributed by atoms with Crippen LogP contribution in [-0.2, 0) is 37.6 Å². The lowest BCUT2D eigenvalue weighted by Crippen LogP contribution is -2.44. The predicted molar refractivity (Wildman–Crippen MR) is 193 cm³/mol. The molecule has 0 radical (unpaired) electrons. The highest BCUT2D eigenvalue weighted by atomic mass is 16.6. The maximum Gasteiger partial charge on any atom is 0.419 e. The number of carbonyl (C=O) groups excluding carboxylic acids is 2. The molecule has 2 rings (SSSR count). The molecule has 7 nitrogen and oxygen atoms in total. The van der Waals surface area contributed by atoms with E-state index in [1.165, 1.54) is 0 Å². The summed E-state index contributed by atoms with van der Waals surface area (Å²) in [6, 6.07) is 7.08. The number of amides is 1. The average Bonchev–Trinajstić information content (AvgIpc) is 2.89. The monoisotopic (exact) mass is 653 g/mol. The number of hydrogen-bond acceptors (Lipinski definition) is 6. The number of benzene rings is 2. The van der Waals surface area contributed by atoms with E-state index in [0.717, 1.165) is 43.2 Å². The molecule has 0 bridgehead atoms. The van der Waals surface area contributed by atoms with Gasteiger partial charge in [-0.25, -0.2) is 9.59 Å². The topological polar surface area (TPSA) is 116 Å². The Labute approximate surface area is 284 Å². The number of aliphatic hydroxyl groups is 1. The first-order valence-electron chi connectivity index (χ1n) is 17.3. The van der Waals surface area contributed by atoms with Crippen LogP contribution in [0.1, 0.15) is 163 Å². The van der Waals surface area contributed by atoms with Crippen LogP contribution >= 0.6 is 0 Å². The summed E-state index contributed by atoms with van der Waals surface area (Å²) in [5.74, 6) is -0.628. The normalized spacial score (nSPS) is 14.1. The van der Waals surface area contributed by atoms with E-state index in [1.807, 2.05) is 95.2 Å². The van der Waals surface area contributed by atoms with Crippen molar-refractivity contribution in [1.29, 1.82) is 0 Å². The van der Waals surface area contributed by atoms with Gasteiger partial charge in [0, 0.05) is 23.2 Å². The predicted octanol–water partition coefficient (Wildman–Crippen LogP) is 10.1. The maximum atomic E-state index is 13.8. The van der Waals surface area contributed by atoms with Crippen molar-refractivity contribution in [1.82, 2.24) is 0 Å². The quantitative estimate of drug-likeness (QED) is 0.0830. The molecule has 0 fully saturated rings. The minimum atomic E-state index is -1.97. The van der Waals surface area contributed by atoms with Crippen molar-refractivity contribution in [2.45, 2.75) is 169 Å². The second kappa shape index (κ2) is 15.0. The third kappa shape index (κ3) is 11.0. The molecule has 2 aromatic rings. The van der Waals surface area contributed by atoms with Gasteiger partial charge in [-0.1, -0.05) is 134 Å². The lowest BCUT2D eigenvalue weighted by molar-refractivity contribution is -0.159. The van der Waals surface area contributed by atoms with Gasteiger partial charge in [-0.2, -0.15) is 0 Å². The van der Waals surface area contributed by atoms with Gasteiger partial charge in [0.25, 0.3) is 0 Å². The number of nitrogens with one attached hydrogen (secondary N) is 1. The second-order valence-corrected chi connectivity index (χ2v) is 17.5. The van der Waals surface area contributed by atoms with Crippen molar-refractivity contribution in [2.75, 3.05) is 5.32 Å². The Morgan fingerprint density at radius 3 is 1.43 bits per heavy atom. The van der Waals surface area contributed by atoms with Crippen LogP contribution in [0.2, 0.25) is 0 Å². The van der Waals surface area contributed by atoms with Crippen LogP contribution in [0.25, 0.3) is 0 Å². The number of anilines is 1. The smallest absolute Gasteiger partial charge is 0.419 e. The Bertz CT molecular complexity index is 1330. The molecule has 0 aromatic heterocycles. The minimum Gasteiger partial charge on any atom is -0.507 e. The van der Waals surface area contributed by atoms with Gasteiger partial charge in [-0.3, -0.25) is 5.32 Å². The van der Waals surface area contributed by atoms with E-state index in [0.29, 0.717) is 28.8 Å². The summed E-state index contributed by atoms with van der Waals surface area (Å²) in [4.78, 5) is 27.0. The molecule has 1 amide bonds. The molecule has 1 unspecified atom stereocenters. The van der Waals surface area contributed by atoms with Gasteiger partial charge in [0.15, 0.2) is 5.60 Å². The van der Waals surface area contributed by atoms with E-state index >= 15 is 0 Å². The third-order valence-electron chi connectivity index (χ3n) is 8.76. The third-order valence-corrected chi connectivity index (χ3v) is 8.76. The molecule has 0 aliphatic rings. The first-order valence-corrected chi connectivity index (χ1v) is 17.3. The fourth-order valence-electron chi connectivity index (χ4n) is 5.91.